The lowest BCUT2D eigenvalue weighted by molar-refractivity contribution is 0.0968. The predicted molar refractivity (Wildman–Crippen MR) is 79.1 cm³/mol. The molecular formula is C15H14N2O2S. The van der Waals surface area contributed by atoms with Gasteiger partial charge in [-0.05, 0) is 23.5 Å². The number of benzene rings is 1. The van der Waals surface area contributed by atoms with Gasteiger partial charge in [-0.25, -0.2) is 0 Å². The summed E-state index contributed by atoms with van der Waals surface area (Å²) in [5.74, 6) is -0.422. The number of thiophene rings is 1. The number of anilines is 1. The summed E-state index contributed by atoms with van der Waals surface area (Å²) in [4.78, 5) is 24.4. The third-order valence-electron chi connectivity index (χ3n) is 3.69. The maximum atomic E-state index is 12.3. The number of nitrogen functional groups attached to an aromatic ring is 1. The van der Waals surface area contributed by atoms with Crippen LogP contribution in [0.2, 0.25) is 0 Å². The SMILES string of the molecule is NC(=O)c1c(N)sc2c1CC(c1ccccc1)CC2=O. The molecule has 0 aliphatic heterocycles. The van der Waals surface area contributed by atoms with Crippen molar-refractivity contribution in [1.29, 1.82) is 0 Å². The number of fused-ring (bicyclic) bond motifs is 1. The molecule has 3 rings (SSSR count). The van der Waals surface area contributed by atoms with Gasteiger partial charge in [-0.15, -0.1) is 11.3 Å². The van der Waals surface area contributed by atoms with E-state index in [9.17, 15) is 9.59 Å². The number of rotatable bonds is 2. The molecule has 1 unspecified atom stereocenters. The molecule has 2 aromatic rings. The summed E-state index contributed by atoms with van der Waals surface area (Å²) < 4.78 is 0. The number of hydrogen-bond donors (Lipinski definition) is 2. The molecule has 4 N–H and O–H groups in total. The van der Waals surface area contributed by atoms with Crippen LogP contribution < -0.4 is 11.5 Å². The fourth-order valence-corrected chi connectivity index (χ4v) is 3.82. The maximum Gasteiger partial charge on any atom is 0.251 e. The second-order valence-corrected chi connectivity index (χ2v) is 6.00. The molecule has 20 heavy (non-hydrogen) atoms. The first kappa shape index (κ1) is 12.9. The Bertz CT molecular complexity index is 691. The highest BCUT2D eigenvalue weighted by atomic mass is 32.1. The lowest BCUT2D eigenvalue weighted by Gasteiger charge is -2.22. The number of nitrogens with two attached hydrogens (primary N) is 2. The summed E-state index contributed by atoms with van der Waals surface area (Å²) in [6, 6.07) is 9.85. The molecule has 0 bridgehead atoms. The standard InChI is InChI=1S/C15H14N2O2S/c16-14(19)12-10-6-9(8-4-2-1-3-5-8)7-11(18)13(10)20-15(12)17/h1-5,9H,6-7,17H2,(H2,16,19). The van der Waals surface area contributed by atoms with Crippen LogP contribution in [0.25, 0.3) is 0 Å². The summed E-state index contributed by atoms with van der Waals surface area (Å²) in [6.07, 6.45) is 1.09. The molecule has 102 valence electrons. The summed E-state index contributed by atoms with van der Waals surface area (Å²) in [6.45, 7) is 0. The molecule has 1 aliphatic rings. The average molecular weight is 286 g/mol. The molecule has 1 atom stereocenters. The minimum atomic E-state index is -0.554. The zero-order valence-electron chi connectivity index (χ0n) is 10.8. The molecule has 1 aliphatic carbocycles. The van der Waals surface area contributed by atoms with Crippen molar-refractivity contribution in [3.63, 3.8) is 0 Å². The van der Waals surface area contributed by atoms with Gasteiger partial charge in [0, 0.05) is 6.42 Å². The Morgan fingerprint density at radius 3 is 2.55 bits per heavy atom. The Labute approximate surface area is 120 Å². The van der Waals surface area contributed by atoms with E-state index in [2.05, 4.69) is 0 Å². The van der Waals surface area contributed by atoms with Crippen molar-refractivity contribution in [3.05, 3.63) is 51.9 Å². The predicted octanol–water partition coefficient (Wildman–Crippen LogP) is 2.34. The Kier molecular flexibility index (Phi) is 3.06. The lowest BCUT2D eigenvalue weighted by Crippen LogP contribution is -2.21. The van der Waals surface area contributed by atoms with E-state index in [1.807, 2.05) is 30.3 Å². The molecule has 0 saturated heterocycles. The van der Waals surface area contributed by atoms with Crippen LogP contribution in [0.3, 0.4) is 0 Å². The monoisotopic (exact) mass is 286 g/mol. The molecular weight excluding hydrogens is 272 g/mol. The van der Waals surface area contributed by atoms with Crippen LogP contribution in [0.4, 0.5) is 5.00 Å². The van der Waals surface area contributed by atoms with Gasteiger partial charge in [0.2, 0.25) is 0 Å². The van der Waals surface area contributed by atoms with Crippen LogP contribution in [0.5, 0.6) is 0 Å². The first-order valence-corrected chi connectivity index (χ1v) is 7.18. The largest absolute Gasteiger partial charge is 0.390 e. The Morgan fingerprint density at radius 2 is 1.90 bits per heavy atom. The van der Waals surface area contributed by atoms with E-state index in [1.165, 1.54) is 11.3 Å². The second-order valence-electron chi connectivity index (χ2n) is 4.95. The smallest absolute Gasteiger partial charge is 0.251 e. The minimum absolute atomic E-state index is 0.0457. The topological polar surface area (TPSA) is 86.2 Å². The van der Waals surface area contributed by atoms with Gasteiger partial charge >= 0.3 is 0 Å². The number of Topliss-reactive ketones (excluding diaryl/α,β-unsaturated/α-hetero) is 1. The first-order valence-electron chi connectivity index (χ1n) is 6.37. The van der Waals surface area contributed by atoms with Crippen molar-refractivity contribution in [3.8, 4) is 0 Å². The number of carbonyl (C=O) groups excluding carboxylic acids is 2. The van der Waals surface area contributed by atoms with E-state index in [0.717, 1.165) is 11.1 Å². The van der Waals surface area contributed by atoms with E-state index in [0.29, 0.717) is 28.3 Å². The van der Waals surface area contributed by atoms with E-state index in [-0.39, 0.29) is 11.7 Å². The molecule has 1 aromatic heterocycles. The van der Waals surface area contributed by atoms with E-state index in [4.69, 9.17) is 11.5 Å². The quantitative estimate of drug-likeness (QED) is 0.888. The van der Waals surface area contributed by atoms with Gasteiger partial charge in [-0.3, -0.25) is 9.59 Å². The third kappa shape index (κ3) is 2.00. The maximum absolute atomic E-state index is 12.3. The number of carbonyl (C=O) groups is 2. The van der Waals surface area contributed by atoms with Crippen molar-refractivity contribution in [1.82, 2.24) is 0 Å². The van der Waals surface area contributed by atoms with Gasteiger partial charge in [0.05, 0.1) is 15.4 Å². The van der Waals surface area contributed by atoms with Crippen LogP contribution in [0.15, 0.2) is 30.3 Å². The first-order chi connectivity index (χ1) is 9.58. The van der Waals surface area contributed by atoms with Crippen LogP contribution in [0.1, 0.15) is 43.5 Å². The van der Waals surface area contributed by atoms with Crippen LogP contribution in [-0.4, -0.2) is 11.7 Å². The van der Waals surface area contributed by atoms with Crippen molar-refractivity contribution in [2.24, 2.45) is 5.73 Å². The Hall–Kier alpha value is -2.14. The number of ketones is 1. The van der Waals surface area contributed by atoms with Crippen molar-refractivity contribution in [2.45, 2.75) is 18.8 Å². The third-order valence-corrected chi connectivity index (χ3v) is 4.79. The van der Waals surface area contributed by atoms with Gasteiger partial charge in [0.15, 0.2) is 5.78 Å². The molecule has 0 saturated carbocycles. The van der Waals surface area contributed by atoms with Gasteiger partial charge in [-0.2, -0.15) is 0 Å². The zero-order chi connectivity index (χ0) is 14.3. The zero-order valence-corrected chi connectivity index (χ0v) is 11.6. The van der Waals surface area contributed by atoms with Gasteiger partial charge in [-0.1, -0.05) is 30.3 Å². The fourth-order valence-electron chi connectivity index (χ4n) is 2.77. The highest BCUT2D eigenvalue weighted by Gasteiger charge is 2.32. The molecule has 0 radical (unpaired) electrons. The number of amides is 1. The van der Waals surface area contributed by atoms with Crippen molar-refractivity contribution >= 4 is 28.0 Å². The van der Waals surface area contributed by atoms with E-state index >= 15 is 0 Å². The summed E-state index contributed by atoms with van der Waals surface area (Å²) >= 11 is 1.18. The average Bonchev–Trinajstić information content (AvgIpc) is 2.76. The minimum Gasteiger partial charge on any atom is -0.390 e. The Balaban J connectivity index is 2.06. The summed E-state index contributed by atoms with van der Waals surface area (Å²) in [5, 5.41) is 0.351. The molecule has 0 fully saturated rings. The van der Waals surface area contributed by atoms with E-state index < -0.39 is 5.91 Å². The van der Waals surface area contributed by atoms with Crippen molar-refractivity contribution in [2.75, 3.05) is 5.73 Å². The van der Waals surface area contributed by atoms with Crippen LogP contribution in [0, 0.1) is 0 Å². The normalized spacial score (nSPS) is 17.8. The van der Waals surface area contributed by atoms with Gasteiger partial charge < -0.3 is 11.5 Å². The van der Waals surface area contributed by atoms with Crippen LogP contribution in [-0.2, 0) is 6.42 Å². The molecule has 1 heterocycles. The highest BCUT2D eigenvalue weighted by Crippen LogP contribution is 2.40. The summed E-state index contributed by atoms with van der Waals surface area (Å²) in [5.41, 5.74) is 13.4. The van der Waals surface area contributed by atoms with Crippen molar-refractivity contribution < 1.29 is 9.59 Å². The molecule has 5 heteroatoms. The molecule has 0 spiro atoms. The second kappa shape index (κ2) is 4.76. The highest BCUT2D eigenvalue weighted by molar-refractivity contribution is 7.18. The molecule has 4 nitrogen and oxygen atoms in total. The van der Waals surface area contributed by atoms with Crippen LogP contribution >= 0.6 is 11.3 Å². The fraction of sp³-hybridized carbons (Fsp3) is 0.200. The number of hydrogen-bond acceptors (Lipinski definition) is 4. The van der Waals surface area contributed by atoms with E-state index in [1.54, 1.807) is 0 Å². The Morgan fingerprint density at radius 1 is 1.20 bits per heavy atom. The number of primary amides is 1. The van der Waals surface area contributed by atoms with Gasteiger partial charge in [0.1, 0.15) is 0 Å². The lowest BCUT2D eigenvalue weighted by atomic mass is 9.81. The van der Waals surface area contributed by atoms with Gasteiger partial charge in [0.25, 0.3) is 5.91 Å². The molecule has 1 aromatic carbocycles. The molecule has 1 amide bonds. The summed E-state index contributed by atoms with van der Waals surface area (Å²) in [7, 11) is 0.